The van der Waals surface area contributed by atoms with E-state index in [0.29, 0.717) is 23.8 Å². The van der Waals surface area contributed by atoms with Crippen molar-refractivity contribution >= 4 is 18.0 Å². The molecule has 2 aromatic rings. The standard InChI is InChI=1S/C30H37FN2O/c1-7-23-14-13-22(17-24(8-2)32-4)18-26(27-19-25(34-6)15-16-29(27)31)28(23)20-33(5)30-12-10-9-11-21(30)3/h8-12,14-16,19,22H,4,7,13,17-18,20H2,1-3,5-6H3/b24-8-. The molecule has 180 valence electrons. The van der Waals surface area contributed by atoms with E-state index in [0.717, 1.165) is 37.0 Å². The van der Waals surface area contributed by atoms with Crippen LogP contribution in [-0.2, 0) is 0 Å². The van der Waals surface area contributed by atoms with Crippen LogP contribution in [0.5, 0.6) is 5.75 Å². The highest BCUT2D eigenvalue weighted by molar-refractivity contribution is 5.76. The molecule has 1 aliphatic carbocycles. The monoisotopic (exact) mass is 460 g/mol. The molecule has 0 bridgehead atoms. The molecule has 0 fully saturated rings. The van der Waals surface area contributed by atoms with Crippen LogP contribution < -0.4 is 9.64 Å². The summed E-state index contributed by atoms with van der Waals surface area (Å²) in [4.78, 5) is 6.48. The Bertz CT molecular complexity index is 1110. The normalized spacial score (nSPS) is 16.7. The summed E-state index contributed by atoms with van der Waals surface area (Å²) in [5.41, 5.74) is 7.58. The van der Waals surface area contributed by atoms with Crippen molar-refractivity contribution in [2.75, 3.05) is 25.6 Å². The predicted molar refractivity (Wildman–Crippen MR) is 143 cm³/mol. The van der Waals surface area contributed by atoms with E-state index in [2.05, 4.69) is 67.8 Å². The molecule has 0 saturated heterocycles. The number of nitrogens with zero attached hydrogens (tertiary/aromatic N) is 2. The molecule has 2 aromatic carbocycles. The fourth-order valence-electron chi connectivity index (χ4n) is 4.85. The number of hydrogen-bond acceptors (Lipinski definition) is 3. The molecule has 1 unspecified atom stereocenters. The third-order valence-corrected chi connectivity index (χ3v) is 6.78. The molecule has 3 nitrogen and oxygen atoms in total. The maximum absolute atomic E-state index is 15.3. The lowest BCUT2D eigenvalue weighted by Gasteiger charge is -2.26. The number of likely N-dealkylation sites (N-methyl/N-ethyl adjacent to an activating group) is 1. The van der Waals surface area contributed by atoms with Crippen LogP contribution in [0.2, 0.25) is 0 Å². The highest BCUT2D eigenvalue weighted by Gasteiger charge is 2.25. The number of ether oxygens (including phenoxy) is 1. The third kappa shape index (κ3) is 5.85. The molecule has 0 aromatic heterocycles. The summed E-state index contributed by atoms with van der Waals surface area (Å²) in [6.07, 6.45) is 7.80. The molecule has 0 spiro atoms. The molecule has 0 heterocycles. The summed E-state index contributed by atoms with van der Waals surface area (Å²) in [5, 5.41) is 0. The highest BCUT2D eigenvalue weighted by atomic mass is 19.1. The molecule has 3 rings (SSSR count). The second-order valence-electron chi connectivity index (χ2n) is 8.98. The summed E-state index contributed by atoms with van der Waals surface area (Å²) in [5.74, 6) is 0.774. The maximum Gasteiger partial charge on any atom is 0.130 e. The van der Waals surface area contributed by atoms with Crippen LogP contribution in [0, 0.1) is 18.7 Å². The maximum atomic E-state index is 15.3. The van der Waals surface area contributed by atoms with E-state index in [1.165, 1.54) is 28.5 Å². The van der Waals surface area contributed by atoms with E-state index in [-0.39, 0.29) is 5.82 Å². The molecule has 1 aliphatic rings. The van der Waals surface area contributed by atoms with Crippen LogP contribution in [0.1, 0.15) is 50.7 Å². The largest absolute Gasteiger partial charge is 0.497 e. The van der Waals surface area contributed by atoms with Crippen LogP contribution in [-0.4, -0.2) is 27.4 Å². The van der Waals surface area contributed by atoms with Gasteiger partial charge >= 0.3 is 0 Å². The van der Waals surface area contributed by atoms with Crippen molar-refractivity contribution in [3.8, 4) is 5.75 Å². The lowest BCUT2D eigenvalue weighted by molar-refractivity contribution is 0.413. The van der Waals surface area contributed by atoms with Crippen molar-refractivity contribution in [1.82, 2.24) is 0 Å². The lowest BCUT2D eigenvalue weighted by atomic mass is 9.87. The number of benzene rings is 2. The van der Waals surface area contributed by atoms with E-state index >= 15 is 4.39 Å². The van der Waals surface area contributed by atoms with Gasteiger partial charge in [0.1, 0.15) is 11.6 Å². The highest BCUT2D eigenvalue weighted by Crippen LogP contribution is 2.40. The van der Waals surface area contributed by atoms with Crippen molar-refractivity contribution < 1.29 is 9.13 Å². The first kappa shape index (κ1) is 25.5. The summed E-state index contributed by atoms with van der Waals surface area (Å²) < 4.78 is 20.8. The molecule has 0 saturated carbocycles. The number of para-hydroxylation sites is 1. The van der Waals surface area contributed by atoms with Crippen LogP contribution in [0.15, 0.2) is 76.5 Å². The molecule has 34 heavy (non-hydrogen) atoms. The smallest absolute Gasteiger partial charge is 0.130 e. The van der Waals surface area contributed by atoms with Gasteiger partial charge in [-0.2, -0.15) is 0 Å². The van der Waals surface area contributed by atoms with Crippen LogP contribution in [0.3, 0.4) is 0 Å². The van der Waals surface area contributed by atoms with Gasteiger partial charge in [0.15, 0.2) is 0 Å². The second-order valence-corrected chi connectivity index (χ2v) is 8.98. The van der Waals surface area contributed by atoms with E-state index in [1.807, 2.05) is 19.1 Å². The van der Waals surface area contributed by atoms with Crippen molar-refractivity contribution in [3.05, 3.63) is 88.4 Å². The van der Waals surface area contributed by atoms with Crippen molar-refractivity contribution in [3.63, 3.8) is 0 Å². The van der Waals surface area contributed by atoms with Gasteiger partial charge < -0.3 is 9.64 Å². The van der Waals surface area contributed by atoms with Gasteiger partial charge in [-0.1, -0.05) is 37.3 Å². The van der Waals surface area contributed by atoms with Crippen molar-refractivity contribution in [1.29, 1.82) is 0 Å². The number of rotatable bonds is 9. The quantitative estimate of drug-likeness (QED) is 0.357. The molecule has 0 N–H and O–H groups in total. The molecule has 0 aliphatic heterocycles. The zero-order valence-electron chi connectivity index (χ0n) is 21.2. The first-order valence-electron chi connectivity index (χ1n) is 12.1. The van der Waals surface area contributed by atoms with E-state index in [9.17, 15) is 0 Å². The van der Waals surface area contributed by atoms with Crippen molar-refractivity contribution in [2.45, 2.75) is 46.5 Å². The van der Waals surface area contributed by atoms with Gasteiger partial charge in [-0.15, -0.1) is 0 Å². The number of aryl methyl sites for hydroxylation is 1. The summed E-state index contributed by atoms with van der Waals surface area (Å²) in [6.45, 7) is 10.7. The summed E-state index contributed by atoms with van der Waals surface area (Å²) in [7, 11) is 3.74. The molecular formula is C30H37FN2O. The minimum absolute atomic E-state index is 0.212. The Morgan fingerprint density at radius 3 is 2.68 bits per heavy atom. The van der Waals surface area contributed by atoms with Gasteiger partial charge in [0.2, 0.25) is 0 Å². The van der Waals surface area contributed by atoms with Crippen LogP contribution >= 0.6 is 0 Å². The van der Waals surface area contributed by atoms with E-state index < -0.39 is 0 Å². The van der Waals surface area contributed by atoms with Crippen molar-refractivity contribution in [2.24, 2.45) is 10.9 Å². The molecule has 0 amide bonds. The number of hydrogen-bond donors (Lipinski definition) is 0. The molecule has 4 heteroatoms. The van der Waals surface area contributed by atoms with Gasteiger partial charge in [0.25, 0.3) is 0 Å². The average molecular weight is 461 g/mol. The topological polar surface area (TPSA) is 24.8 Å². The Kier molecular flexibility index (Phi) is 8.86. The fourth-order valence-corrected chi connectivity index (χ4v) is 4.85. The van der Waals surface area contributed by atoms with Gasteiger partial charge in [0, 0.05) is 30.5 Å². The Hall–Kier alpha value is -3.14. The van der Waals surface area contributed by atoms with Gasteiger partial charge in [0.05, 0.1) is 7.11 Å². The van der Waals surface area contributed by atoms with E-state index in [1.54, 1.807) is 13.2 Å². The predicted octanol–water partition coefficient (Wildman–Crippen LogP) is 7.77. The summed E-state index contributed by atoms with van der Waals surface area (Å²) in [6, 6.07) is 13.4. The third-order valence-electron chi connectivity index (χ3n) is 6.78. The average Bonchev–Trinajstić information content (AvgIpc) is 3.02. The Morgan fingerprint density at radius 2 is 2.03 bits per heavy atom. The molecular weight excluding hydrogens is 423 g/mol. The number of aliphatic imine (C=N–C) groups is 1. The summed E-state index contributed by atoms with van der Waals surface area (Å²) >= 11 is 0. The Labute approximate surface area is 204 Å². The minimum atomic E-state index is -0.212. The Morgan fingerprint density at radius 1 is 1.26 bits per heavy atom. The number of anilines is 1. The number of allylic oxidation sites excluding steroid dienone is 4. The SMILES string of the molecule is C=N/C(=C\C)CC1CC=C(CC)C(CN(C)c2ccccc2C)=C(c2cc(OC)ccc2F)C1. The number of halogens is 1. The lowest BCUT2D eigenvalue weighted by Crippen LogP contribution is -2.22. The first-order valence-corrected chi connectivity index (χ1v) is 12.1. The number of methoxy groups -OCH3 is 1. The minimum Gasteiger partial charge on any atom is -0.497 e. The first-order chi connectivity index (χ1) is 16.4. The van der Waals surface area contributed by atoms with Crippen LogP contribution in [0.4, 0.5) is 10.1 Å². The molecule has 1 atom stereocenters. The van der Waals surface area contributed by atoms with Crippen LogP contribution in [0.25, 0.3) is 5.57 Å². The zero-order valence-corrected chi connectivity index (χ0v) is 21.2. The molecule has 0 radical (unpaired) electrons. The second kappa shape index (κ2) is 11.8. The van der Waals surface area contributed by atoms with Gasteiger partial charge in [-0.3, -0.25) is 4.99 Å². The van der Waals surface area contributed by atoms with E-state index in [4.69, 9.17) is 4.74 Å². The van der Waals surface area contributed by atoms with Gasteiger partial charge in [-0.05, 0) is 98.7 Å². The van der Waals surface area contributed by atoms with Gasteiger partial charge in [-0.25, -0.2) is 4.39 Å². The zero-order chi connectivity index (χ0) is 24.7. The Balaban J connectivity index is 2.15. The fraction of sp³-hybridized carbons (Fsp3) is 0.367.